The molecule has 2 aliphatic heterocycles. The molecule has 3 aliphatic rings. The minimum atomic E-state index is -0.837. The molecule has 2 heterocycles. The molecule has 47 heavy (non-hydrogen) atoms. The largest absolute Gasteiger partial charge is 0.508 e. The van der Waals surface area contributed by atoms with Gasteiger partial charge in [-0.2, -0.15) is 0 Å². The molecule has 0 aromatic heterocycles. The zero-order valence-electron chi connectivity index (χ0n) is 26.4. The van der Waals surface area contributed by atoms with Crippen molar-refractivity contribution in [3.8, 4) is 11.5 Å². The van der Waals surface area contributed by atoms with E-state index in [2.05, 4.69) is 18.2 Å². The highest BCUT2D eigenvalue weighted by molar-refractivity contribution is 6.06. The predicted octanol–water partition coefficient (Wildman–Crippen LogP) is 6.75. The number of imide groups is 1. The van der Waals surface area contributed by atoms with Crippen molar-refractivity contribution in [2.75, 3.05) is 19.8 Å². The van der Waals surface area contributed by atoms with Gasteiger partial charge in [-0.25, -0.2) is 0 Å². The molecular weight excluding hydrogens is 594 g/mol. The highest BCUT2D eigenvalue weighted by Gasteiger charge is 2.56. The average Bonchev–Trinajstić information content (AvgIpc) is 3.61. The number of phenolic OH excluding ortho intramolecular Hbond substituents is 1. The van der Waals surface area contributed by atoms with E-state index in [0.29, 0.717) is 51.9 Å². The Labute approximate surface area is 275 Å². The first-order chi connectivity index (χ1) is 22.9. The number of fused-ring (bicyclic) bond motifs is 3. The van der Waals surface area contributed by atoms with Crippen molar-refractivity contribution in [2.24, 2.45) is 17.8 Å². The average molecular weight is 636 g/mol. The van der Waals surface area contributed by atoms with Crippen LogP contribution < -0.4 is 4.74 Å². The molecule has 3 aromatic carbocycles. The van der Waals surface area contributed by atoms with Gasteiger partial charge in [0, 0.05) is 18.9 Å². The molecule has 8 nitrogen and oxygen atoms in total. The standard InChI is InChI=1S/C39H41NO7/c41-30-18-15-26(16-19-30)22-28(27-10-4-1-5-11-27)17-20-34-36-29(24-46-31-12-6-2-7-13-31)23-32-37(33(36)25-47-34)39(45)40(38(32)44)21-9-3-8-14-35(42)43/h1-2,4-7,10-13,15-16,18-19,22,32-34,37,41H,3,8-9,14,17,20-21,23-25H2,(H,42,43)/b28-22-/t32-,33+,34-,37-/m1/s1. The van der Waals surface area contributed by atoms with Crippen LogP contribution in [0.25, 0.3) is 11.6 Å². The number of hydrogen-bond acceptors (Lipinski definition) is 6. The first-order valence-electron chi connectivity index (χ1n) is 16.5. The molecule has 8 heteroatoms. The van der Waals surface area contributed by atoms with Gasteiger partial charge in [0.15, 0.2) is 0 Å². The Balaban J connectivity index is 1.24. The van der Waals surface area contributed by atoms with Crippen LogP contribution >= 0.6 is 0 Å². The summed E-state index contributed by atoms with van der Waals surface area (Å²) in [6.45, 7) is 1.02. The number of amides is 2. The minimum Gasteiger partial charge on any atom is -0.508 e. The zero-order valence-corrected chi connectivity index (χ0v) is 26.4. The zero-order chi connectivity index (χ0) is 32.8. The number of carbonyl (C=O) groups is 3. The maximum atomic E-state index is 13.8. The van der Waals surface area contributed by atoms with Crippen LogP contribution in [0.3, 0.4) is 0 Å². The second kappa shape index (κ2) is 14.8. The molecule has 2 N–H and O–H groups in total. The lowest BCUT2D eigenvalue weighted by Crippen LogP contribution is -2.35. The smallest absolute Gasteiger partial charge is 0.303 e. The molecule has 0 unspecified atom stereocenters. The van der Waals surface area contributed by atoms with Gasteiger partial charge in [0.1, 0.15) is 18.1 Å². The number of carbonyl (C=O) groups excluding carboxylic acids is 2. The van der Waals surface area contributed by atoms with Crippen LogP contribution in [-0.4, -0.2) is 58.8 Å². The normalized spacial score (nSPS) is 22.4. The van der Waals surface area contributed by atoms with E-state index in [-0.39, 0.29) is 36.0 Å². The fourth-order valence-corrected chi connectivity index (χ4v) is 7.31. The van der Waals surface area contributed by atoms with Crippen LogP contribution in [-0.2, 0) is 19.1 Å². The van der Waals surface area contributed by atoms with Crippen molar-refractivity contribution in [1.29, 1.82) is 0 Å². The number of aromatic hydroxyl groups is 1. The summed E-state index contributed by atoms with van der Waals surface area (Å²) < 4.78 is 12.7. The first-order valence-corrected chi connectivity index (χ1v) is 16.5. The third-order valence-corrected chi connectivity index (χ3v) is 9.58. The lowest BCUT2D eigenvalue weighted by Gasteiger charge is -2.32. The molecule has 3 aromatic rings. The van der Waals surface area contributed by atoms with Gasteiger partial charge in [-0.05, 0) is 84.2 Å². The number of aliphatic carboxylic acids is 1. The van der Waals surface area contributed by atoms with Crippen molar-refractivity contribution in [1.82, 2.24) is 4.90 Å². The summed E-state index contributed by atoms with van der Waals surface area (Å²) in [6, 6.07) is 27.0. The monoisotopic (exact) mass is 635 g/mol. The van der Waals surface area contributed by atoms with Gasteiger partial charge in [0.25, 0.3) is 0 Å². The molecular formula is C39H41NO7. The highest BCUT2D eigenvalue weighted by Crippen LogP contribution is 2.50. The summed E-state index contributed by atoms with van der Waals surface area (Å²) in [4.78, 5) is 39.8. The number of hydrogen-bond donors (Lipinski definition) is 2. The van der Waals surface area contributed by atoms with Crippen LogP contribution in [0.2, 0.25) is 0 Å². The van der Waals surface area contributed by atoms with E-state index in [1.54, 1.807) is 12.1 Å². The fraction of sp³-hybridized carbons (Fsp3) is 0.359. The number of phenols is 1. The third-order valence-electron chi connectivity index (χ3n) is 9.58. The lowest BCUT2D eigenvalue weighted by molar-refractivity contribution is -0.141. The van der Waals surface area contributed by atoms with Gasteiger partial charge >= 0.3 is 5.97 Å². The Morgan fingerprint density at radius 2 is 1.60 bits per heavy atom. The van der Waals surface area contributed by atoms with Crippen molar-refractivity contribution >= 4 is 29.4 Å². The van der Waals surface area contributed by atoms with Crippen molar-refractivity contribution < 1.29 is 34.1 Å². The van der Waals surface area contributed by atoms with Crippen LogP contribution in [0.4, 0.5) is 0 Å². The van der Waals surface area contributed by atoms with Gasteiger partial charge in [0.2, 0.25) is 11.8 Å². The van der Waals surface area contributed by atoms with Crippen molar-refractivity contribution in [2.45, 2.75) is 51.0 Å². The van der Waals surface area contributed by atoms with Crippen LogP contribution in [0.1, 0.15) is 56.1 Å². The summed E-state index contributed by atoms with van der Waals surface area (Å²) in [5.74, 6) is -1.23. The van der Waals surface area contributed by atoms with Gasteiger partial charge < -0.3 is 19.7 Å². The van der Waals surface area contributed by atoms with Crippen LogP contribution in [0, 0.1) is 17.8 Å². The van der Waals surface area contributed by atoms with Gasteiger partial charge in [-0.15, -0.1) is 0 Å². The Hall–Kier alpha value is -4.69. The number of allylic oxidation sites excluding steroid dienone is 1. The van der Waals surface area contributed by atoms with E-state index in [9.17, 15) is 19.5 Å². The van der Waals surface area contributed by atoms with Gasteiger partial charge in [-0.1, -0.05) is 73.2 Å². The Kier molecular flexibility index (Phi) is 10.2. The lowest BCUT2D eigenvalue weighted by atomic mass is 9.69. The quantitative estimate of drug-likeness (QED) is 0.0872. The van der Waals surface area contributed by atoms with Gasteiger partial charge in [0.05, 0.1) is 24.5 Å². The number of carboxylic acid groups (broad SMARTS) is 1. The van der Waals surface area contributed by atoms with E-state index in [4.69, 9.17) is 14.6 Å². The molecule has 4 atom stereocenters. The number of likely N-dealkylation sites (tertiary alicyclic amines) is 1. The maximum absolute atomic E-state index is 13.8. The first kappa shape index (κ1) is 32.3. The number of unbranched alkanes of at least 4 members (excludes halogenated alkanes) is 2. The molecule has 0 bridgehead atoms. The topological polar surface area (TPSA) is 113 Å². The van der Waals surface area contributed by atoms with Gasteiger partial charge in [-0.3, -0.25) is 19.3 Å². The number of para-hydroxylation sites is 1. The molecule has 244 valence electrons. The van der Waals surface area contributed by atoms with E-state index in [1.807, 2.05) is 60.7 Å². The number of ether oxygens (including phenoxy) is 2. The number of rotatable bonds is 14. The van der Waals surface area contributed by atoms with Crippen molar-refractivity contribution in [3.63, 3.8) is 0 Å². The molecule has 1 aliphatic carbocycles. The molecule has 2 saturated heterocycles. The predicted molar refractivity (Wildman–Crippen MR) is 178 cm³/mol. The summed E-state index contributed by atoms with van der Waals surface area (Å²) in [6.07, 6.45) is 5.65. The molecule has 0 radical (unpaired) electrons. The number of benzene rings is 3. The summed E-state index contributed by atoms with van der Waals surface area (Å²) >= 11 is 0. The Morgan fingerprint density at radius 1 is 0.872 bits per heavy atom. The van der Waals surface area contributed by atoms with E-state index in [1.165, 1.54) is 4.90 Å². The van der Waals surface area contributed by atoms with E-state index < -0.39 is 17.8 Å². The van der Waals surface area contributed by atoms with E-state index >= 15 is 0 Å². The summed E-state index contributed by atoms with van der Waals surface area (Å²) in [7, 11) is 0. The molecule has 2 amide bonds. The fourth-order valence-electron chi connectivity index (χ4n) is 7.31. The van der Waals surface area contributed by atoms with Crippen LogP contribution in [0.5, 0.6) is 11.5 Å². The van der Waals surface area contributed by atoms with Crippen LogP contribution in [0.15, 0.2) is 96.1 Å². The highest BCUT2D eigenvalue weighted by atomic mass is 16.5. The molecule has 6 rings (SSSR count). The molecule has 0 saturated carbocycles. The Morgan fingerprint density at radius 3 is 2.32 bits per heavy atom. The third kappa shape index (κ3) is 7.49. The second-order valence-electron chi connectivity index (χ2n) is 12.6. The molecule has 2 fully saturated rings. The summed E-state index contributed by atoms with van der Waals surface area (Å²) in [5, 5.41) is 18.7. The van der Waals surface area contributed by atoms with Crippen molar-refractivity contribution in [3.05, 3.63) is 107 Å². The number of nitrogens with zero attached hydrogens (tertiary/aromatic N) is 1. The number of carboxylic acids is 1. The Bertz CT molecular complexity index is 1630. The SMILES string of the molecule is O=C(O)CCCCCN1C(=O)[C@@H]2[C@@H](CC(COc3ccccc3)=C3[C@@H](CC/C(=C/c4ccc(O)cc4)c4ccccc4)OC[C@@H]32)C1=O. The summed E-state index contributed by atoms with van der Waals surface area (Å²) in [5.41, 5.74) is 5.37. The molecule has 0 spiro atoms. The second-order valence-corrected chi connectivity index (χ2v) is 12.6. The maximum Gasteiger partial charge on any atom is 0.303 e. The van der Waals surface area contributed by atoms with E-state index in [0.717, 1.165) is 40.0 Å². The minimum absolute atomic E-state index is 0.0854.